The molecule has 0 radical (unpaired) electrons. The maximum absolute atomic E-state index is 15.3. The predicted molar refractivity (Wildman–Crippen MR) is 165 cm³/mol. The molecule has 2 atom stereocenters. The summed E-state index contributed by atoms with van der Waals surface area (Å²) in [7, 11) is -3.77. The molecule has 3 heterocycles. The third-order valence-electron chi connectivity index (χ3n) is 8.28. The summed E-state index contributed by atoms with van der Waals surface area (Å²) in [6.45, 7) is 3.42. The molecule has 4 aromatic rings. The van der Waals surface area contributed by atoms with E-state index in [0.29, 0.717) is 5.92 Å². The van der Waals surface area contributed by atoms with Crippen molar-refractivity contribution in [3.63, 3.8) is 0 Å². The third-order valence-corrected chi connectivity index (χ3v) is 10.4. The van der Waals surface area contributed by atoms with Crippen LogP contribution in [0.15, 0.2) is 126 Å². The normalized spacial score (nSPS) is 20.8. The summed E-state index contributed by atoms with van der Waals surface area (Å²) in [6, 6.07) is 40.2. The summed E-state index contributed by atoms with van der Waals surface area (Å²) in [4.78, 5) is 7.92. The summed E-state index contributed by atoms with van der Waals surface area (Å²) < 4.78 is 28.1. The van der Waals surface area contributed by atoms with Gasteiger partial charge in [-0.25, -0.2) is 0 Å². The van der Waals surface area contributed by atoms with Crippen molar-refractivity contribution in [1.29, 1.82) is 0 Å². The molecule has 3 saturated heterocycles. The molecule has 210 valence electrons. The van der Waals surface area contributed by atoms with Crippen LogP contribution in [0.3, 0.4) is 0 Å². The number of piperidine rings is 3. The van der Waals surface area contributed by atoms with Crippen molar-refractivity contribution < 1.29 is 13.6 Å². The number of rotatable bonds is 11. The molecule has 6 heteroatoms. The Kier molecular flexibility index (Phi) is 8.88. The third kappa shape index (κ3) is 6.77. The fraction of sp³-hybridized carbons (Fsp3) is 0.286. The van der Waals surface area contributed by atoms with Crippen LogP contribution in [-0.4, -0.2) is 36.0 Å². The Hall–Kier alpha value is -3.34. The van der Waals surface area contributed by atoms with Crippen LogP contribution in [0.5, 0.6) is 0 Å². The van der Waals surface area contributed by atoms with Crippen molar-refractivity contribution in [2.45, 2.75) is 31.8 Å². The number of hydrogen-bond acceptors (Lipinski definition) is 5. The largest absolute Gasteiger partial charge is 0.355 e. The average molecular weight is 565 g/mol. The van der Waals surface area contributed by atoms with Crippen molar-refractivity contribution in [1.82, 2.24) is 4.90 Å². The Bertz CT molecular complexity index is 1370. The second-order valence-electron chi connectivity index (χ2n) is 11.0. The molecule has 0 saturated carbocycles. The van der Waals surface area contributed by atoms with Crippen LogP contribution < -0.4 is 0 Å². The van der Waals surface area contributed by atoms with Gasteiger partial charge in [0, 0.05) is 23.6 Å². The number of aliphatic imine (C=N–C) groups is 1. The molecule has 5 nitrogen and oxygen atoms in total. The van der Waals surface area contributed by atoms with Gasteiger partial charge in [0.15, 0.2) is 5.78 Å². The van der Waals surface area contributed by atoms with Gasteiger partial charge in [-0.15, -0.1) is 0 Å². The fourth-order valence-electron chi connectivity index (χ4n) is 6.06. The summed E-state index contributed by atoms with van der Waals surface area (Å²) in [5.74, 6) is -0.147. The SMILES string of the molecule is O=P(OCc1ccccc1)(OCc1ccccc1)[C@@H](N=C(c1ccccc1)c1ccccc1)C1CN2CCC1CC2. The number of fused-ring (bicyclic) bond motifs is 3. The van der Waals surface area contributed by atoms with E-state index in [-0.39, 0.29) is 19.1 Å². The Morgan fingerprint density at radius 3 is 1.56 bits per heavy atom. The Morgan fingerprint density at radius 1 is 0.707 bits per heavy atom. The van der Waals surface area contributed by atoms with Gasteiger partial charge in [-0.1, -0.05) is 121 Å². The molecule has 0 aliphatic carbocycles. The van der Waals surface area contributed by atoms with Crippen molar-refractivity contribution in [3.05, 3.63) is 144 Å². The zero-order valence-corrected chi connectivity index (χ0v) is 24.2. The van der Waals surface area contributed by atoms with E-state index in [9.17, 15) is 0 Å². The minimum atomic E-state index is -3.77. The Balaban J connectivity index is 1.45. The van der Waals surface area contributed by atoms with Crippen LogP contribution in [0, 0.1) is 11.8 Å². The van der Waals surface area contributed by atoms with Crippen LogP contribution in [0.4, 0.5) is 0 Å². The molecule has 41 heavy (non-hydrogen) atoms. The smallest absolute Gasteiger partial charge is 0.303 e. The molecule has 1 unspecified atom stereocenters. The molecule has 0 amide bonds. The Labute approximate surface area is 243 Å². The monoisotopic (exact) mass is 564 g/mol. The van der Waals surface area contributed by atoms with Crippen molar-refractivity contribution in [3.8, 4) is 0 Å². The van der Waals surface area contributed by atoms with Crippen molar-refractivity contribution in [2.75, 3.05) is 19.6 Å². The Morgan fingerprint density at radius 2 is 1.15 bits per heavy atom. The molecule has 0 aromatic heterocycles. The van der Waals surface area contributed by atoms with Gasteiger partial charge in [-0.05, 0) is 43.0 Å². The average Bonchev–Trinajstić information content (AvgIpc) is 3.06. The highest BCUT2D eigenvalue weighted by atomic mass is 31.2. The first-order valence-corrected chi connectivity index (χ1v) is 16.2. The van der Waals surface area contributed by atoms with Crippen LogP contribution >= 0.6 is 7.60 Å². The van der Waals surface area contributed by atoms with E-state index in [4.69, 9.17) is 14.0 Å². The van der Waals surface area contributed by atoms with Gasteiger partial charge in [-0.3, -0.25) is 9.56 Å². The van der Waals surface area contributed by atoms with E-state index in [0.717, 1.165) is 60.4 Å². The molecule has 0 spiro atoms. The van der Waals surface area contributed by atoms with Gasteiger partial charge >= 0.3 is 7.60 Å². The second kappa shape index (κ2) is 13.1. The topological polar surface area (TPSA) is 51.1 Å². The molecule has 7 rings (SSSR count). The van der Waals surface area contributed by atoms with Gasteiger partial charge in [0.05, 0.1) is 18.9 Å². The highest BCUT2D eigenvalue weighted by Crippen LogP contribution is 2.60. The second-order valence-corrected chi connectivity index (χ2v) is 13.1. The van der Waals surface area contributed by atoms with Crippen LogP contribution in [0.25, 0.3) is 0 Å². The zero-order valence-electron chi connectivity index (χ0n) is 23.3. The lowest BCUT2D eigenvalue weighted by Crippen LogP contribution is -2.51. The minimum absolute atomic E-state index is 0.0669. The first-order chi connectivity index (χ1) is 20.2. The summed E-state index contributed by atoms with van der Waals surface area (Å²) >= 11 is 0. The van der Waals surface area contributed by atoms with Gasteiger partial charge < -0.3 is 13.9 Å². The van der Waals surface area contributed by atoms with Gasteiger partial charge in [-0.2, -0.15) is 0 Å². The number of hydrogen-bond donors (Lipinski definition) is 0. The van der Waals surface area contributed by atoms with E-state index < -0.39 is 13.4 Å². The number of benzene rings is 4. The van der Waals surface area contributed by atoms with Gasteiger partial charge in [0.2, 0.25) is 0 Å². The highest BCUT2D eigenvalue weighted by molar-refractivity contribution is 7.54. The molecule has 2 bridgehead atoms. The number of nitrogens with zero attached hydrogens (tertiary/aromatic N) is 2. The predicted octanol–water partition coefficient (Wildman–Crippen LogP) is 7.82. The van der Waals surface area contributed by atoms with Gasteiger partial charge in [0.25, 0.3) is 0 Å². The first kappa shape index (κ1) is 27.8. The quantitative estimate of drug-likeness (QED) is 0.138. The van der Waals surface area contributed by atoms with E-state index >= 15 is 4.57 Å². The molecule has 3 aliphatic rings. The lowest BCUT2D eigenvalue weighted by Gasteiger charge is -2.47. The molecule has 3 aliphatic heterocycles. The van der Waals surface area contributed by atoms with E-state index in [2.05, 4.69) is 29.2 Å². The van der Waals surface area contributed by atoms with Gasteiger partial charge in [0.1, 0.15) is 0 Å². The van der Waals surface area contributed by atoms with E-state index in [1.165, 1.54) is 0 Å². The fourth-order valence-corrected chi connectivity index (χ4v) is 8.16. The zero-order chi connectivity index (χ0) is 27.9. The van der Waals surface area contributed by atoms with Crippen molar-refractivity contribution in [2.24, 2.45) is 16.8 Å². The molecular formula is C35H37N2O3P. The highest BCUT2D eigenvalue weighted by Gasteiger charge is 2.48. The molecule has 4 aromatic carbocycles. The van der Waals surface area contributed by atoms with Crippen LogP contribution in [0.1, 0.15) is 35.1 Å². The van der Waals surface area contributed by atoms with Crippen LogP contribution in [-0.2, 0) is 26.8 Å². The summed E-state index contributed by atoms with van der Waals surface area (Å²) in [5.41, 5.74) is 4.71. The van der Waals surface area contributed by atoms with E-state index in [1.54, 1.807) is 0 Å². The summed E-state index contributed by atoms with van der Waals surface area (Å²) in [6.07, 6.45) is 2.17. The molecule has 0 N–H and O–H groups in total. The molecular weight excluding hydrogens is 527 g/mol. The maximum atomic E-state index is 15.3. The van der Waals surface area contributed by atoms with E-state index in [1.807, 2.05) is 97.1 Å². The maximum Gasteiger partial charge on any atom is 0.355 e. The minimum Gasteiger partial charge on any atom is -0.303 e. The first-order valence-electron chi connectivity index (χ1n) is 14.6. The lowest BCUT2D eigenvalue weighted by atomic mass is 9.79. The summed E-state index contributed by atoms with van der Waals surface area (Å²) in [5, 5.41) is 0. The van der Waals surface area contributed by atoms with Crippen LogP contribution in [0.2, 0.25) is 0 Å². The van der Waals surface area contributed by atoms with Crippen molar-refractivity contribution >= 4 is 13.3 Å². The standard InChI is InChI=1S/C35H37N2O3P/c38-41(39-26-28-13-5-1-6-14-28,40-27-29-15-7-2-8-16-29)35(33-25-37-23-21-30(33)22-24-37)36-34(31-17-9-3-10-18-31)32-19-11-4-12-20-32/h1-20,30,33,35H,21-27H2/t33?,35-/m1/s1. The lowest BCUT2D eigenvalue weighted by molar-refractivity contribution is 0.0421. The molecule has 3 fully saturated rings.